The zero-order chi connectivity index (χ0) is 23.4. The van der Waals surface area contributed by atoms with Crippen LogP contribution in [0, 0.1) is 0 Å². The maximum absolute atomic E-state index is 13.3. The maximum Gasteiger partial charge on any atom is 0.264 e. The van der Waals surface area contributed by atoms with Gasteiger partial charge in [-0.25, -0.2) is 13.8 Å². The lowest BCUT2D eigenvalue weighted by atomic mass is 10.2. The van der Waals surface area contributed by atoms with Crippen molar-refractivity contribution in [1.29, 1.82) is 0 Å². The van der Waals surface area contributed by atoms with Gasteiger partial charge in [-0.15, -0.1) is 0 Å². The summed E-state index contributed by atoms with van der Waals surface area (Å²) in [4.78, 5) is 12.6. The number of hydrogen-bond acceptors (Lipinski definition) is 6. The van der Waals surface area contributed by atoms with Crippen LogP contribution in [0.3, 0.4) is 0 Å². The largest absolute Gasteiger partial charge is 0.454 e. The Kier molecular flexibility index (Phi) is 6.73. The molecule has 3 aromatic carbocycles. The minimum absolute atomic E-state index is 0.00213. The summed E-state index contributed by atoms with van der Waals surface area (Å²) in [5.74, 6) is 0.514. The van der Waals surface area contributed by atoms with Crippen molar-refractivity contribution in [2.45, 2.75) is 4.90 Å². The van der Waals surface area contributed by atoms with Gasteiger partial charge in [-0.2, -0.15) is 5.10 Å². The van der Waals surface area contributed by atoms with Crippen molar-refractivity contribution in [3.63, 3.8) is 0 Å². The summed E-state index contributed by atoms with van der Waals surface area (Å²) in [7, 11) is -4.13. The standard InChI is InChI=1S/C22H17Cl2N3O5S/c23-17-7-4-8-18(22(17)24)27(33(29,30)16-5-2-1-3-6-16)13-21(28)26-25-12-15-9-10-19-20(11-15)32-14-31-19/h1-12H,13-14H2,(H,26,28)/b25-12+. The molecule has 0 saturated heterocycles. The van der Waals surface area contributed by atoms with E-state index in [1.807, 2.05) is 0 Å². The third-order valence-electron chi connectivity index (χ3n) is 4.62. The summed E-state index contributed by atoms with van der Waals surface area (Å²) in [5.41, 5.74) is 3.06. The third kappa shape index (κ3) is 5.05. The molecule has 0 aliphatic carbocycles. The second kappa shape index (κ2) is 9.70. The second-order valence-electron chi connectivity index (χ2n) is 6.80. The number of nitrogens with one attached hydrogen (secondary N) is 1. The number of ether oxygens (including phenoxy) is 2. The molecule has 3 aromatic rings. The van der Waals surface area contributed by atoms with Crippen molar-refractivity contribution >= 4 is 51.0 Å². The average Bonchev–Trinajstić information content (AvgIpc) is 3.28. The quantitative estimate of drug-likeness (QED) is 0.385. The Hall–Kier alpha value is -3.27. The second-order valence-corrected chi connectivity index (χ2v) is 9.45. The Bertz CT molecular complexity index is 1320. The zero-order valence-electron chi connectivity index (χ0n) is 16.9. The number of sulfonamides is 1. The van der Waals surface area contributed by atoms with Gasteiger partial charge in [0.05, 0.1) is 26.8 Å². The molecule has 0 aromatic heterocycles. The fourth-order valence-electron chi connectivity index (χ4n) is 3.04. The Balaban J connectivity index is 1.56. The van der Waals surface area contributed by atoms with E-state index in [4.69, 9.17) is 32.7 Å². The zero-order valence-corrected chi connectivity index (χ0v) is 19.3. The highest BCUT2D eigenvalue weighted by molar-refractivity contribution is 7.92. The van der Waals surface area contributed by atoms with E-state index in [1.165, 1.54) is 30.5 Å². The molecule has 11 heteroatoms. The molecule has 0 unspecified atom stereocenters. The summed E-state index contributed by atoms with van der Waals surface area (Å²) in [5, 5.41) is 4.07. The van der Waals surface area contributed by atoms with Crippen LogP contribution >= 0.6 is 23.2 Å². The van der Waals surface area contributed by atoms with Gasteiger partial charge in [0.2, 0.25) is 6.79 Å². The summed E-state index contributed by atoms with van der Waals surface area (Å²) in [6.07, 6.45) is 1.41. The molecule has 1 aliphatic rings. The lowest BCUT2D eigenvalue weighted by molar-refractivity contribution is -0.119. The molecule has 1 N–H and O–H groups in total. The minimum Gasteiger partial charge on any atom is -0.454 e. The van der Waals surface area contributed by atoms with Gasteiger partial charge in [0.25, 0.3) is 15.9 Å². The average molecular weight is 506 g/mol. The number of hydrazone groups is 1. The van der Waals surface area contributed by atoms with Gasteiger partial charge >= 0.3 is 0 Å². The number of fused-ring (bicyclic) bond motifs is 1. The molecule has 4 rings (SSSR count). The predicted octanol–water partition coefficient (Wildman–Crippen LogP) is 4.07. The number of amides is 1. The van der Waals surface area contributed by atoms with Crippen LogP contribution in [0.15, 0.2) is 76.7 Å². The van der Waals surface area contributed by atoms with Gasteiger partial charge in [-0.1, -0.05) is 47.5 Å². The first kappa shape index (κ1) is 22.9. The molecule has 0 bridgehead atoms. The summed E-state index contributed by atoms with van der Waals surface area (Å²) >= 11 is 12.4. The molecule has 1 amide bonds. The summed E-state index contributed by atoms with van der Waals surface area (Å²) in [6, 6.07) is 17.4. The number of rotatable bonds is 7. The Morgan fingerprint density at radius 3 is 2.58 bits per heavy atom. The van der Waals surface area contributed by atoms with E-state index in [0.29, 0.717) is 17.1 Å². The normalized spacial score (nSPS) is 12.7. The molecular formula is C22H17Cl2N3O5S. The lowest BCUT2D eigenvalue weighted by Crippen LogP contribution is -2.39. The highest BCUT2D eigenvalue weighted by Gasteiger charge is 2.29. The minimum atomic E-state index is -4.13. The Morgan fingerprint density at radius 2 is 1.79 bits per heavy atom. The first-order valence-corrected chi connectivity index (χ1v) is 11.8. The van der Waals surface area contributed by atoms with Crippen molar-refractivity contribution in [2.24, 2.45) is 5.10 Å². The van der Waals surface area contributed by atoms with Gasteiger partial charge in [0, 0.05) is 0 Å². The molecule has 1 heterocycles. The van der Waals surface area contributed by atoms with E-state index in [9.17, 15) is 13.2 Å². The van der Waals surface area contributed by atoms with E-state index in [2.05, 4.69) is 10.5 Å². The first-order chi connectivity index (χ1) is 15.9. The van der Waals surface area contributed by atoms with Gasteiger partial charge in [0.1, 0.15) is 6.54 Å². The van der Waals surface area contributed by atoms with E-state index >= 15 is 0 Å². The van der Waals surface area contributed by atoms with Crippen molar-refractivity contribution in [2.75, 3.05) is 17.6 Å². The van der Waals surface area contributed by atoms with E-state index in [1.54, 1.807) is 42.5 Å². The summed E-state index contributed by atoms with van der Waals surface area (Å²) in [6.45, 7) is -0.430. The van der Waals surface area contributed by atoms with Crippen LogP contribution in [0.25, 0.3) is 0 Å². The van der Waals surface area contributed by atoms with Gasteiger partial charge in [-0.05, 0) is 48.0 Å². The molecule has 0 fully saturated rings. The van der Waals surface area contributed by atoms with Crippen LogP contribution in [0.4, 0.5) is 5.69 Å². The van der Waals surface area contributed by atoms with Crippen molar-refractivity contribution in [1.82, 2.24) is 5.43 Å². The highest BCUT2D eigenvalue weighted by Crippen LogP contribution is 2.35. The number of anilines is 1. The van der Waals surface area contributed by atoms with Crippen LogP contribution in [0.1, 0.15) is 5.56 Å². The molecule has 0 radical (unpaired) electrons. The number of hydrogen-bond donors (Lipinski definition) is 1. The number of carbonyl (C=O) groups is 1. The Labute approximate surface area is 200 Å². The predicted molar refractivity (Wildman–Crippen MR) is 126 cm³/mol. The molecule has 8 nitrogen and oxygen atoms in total. The topological polar surface area (TPSA) is 97.3 Å². The molecule has 1 aliphatic heterocycles. The maximum atomic E-state index is 13.3. The molecule has 0 atom stereocenters. The molecule has 0 saturated carbocycles. The number of carbonyl (C=O) groups excluding carboxylic acids is 1. The van der Waals surface area contributed by atoms with Crippen LogP contribution in [0.5, 0.6) is 11.5 Å². The van der Waals surface area contributed by atoms with Gasteiger partial charge in [-0.3, -0.25) is 9.10 Å². The summed E-state index contributed by atoms with van der Waals surface area (Å²) < 4.78 is 38.1. The van der Waals surface area contributed by atoms with E-state index in [0.717, 1.165) is 4.31 Å². The van der Waals surface area contributed by atoms with E-state index in [-0.39, 0.29) is 27.4 Å². The highest BCUT2D eigenvalue weighted by atomic mass is 35.5. The van der Waals surface area contributed by atoms with Gasteiger partial charge in [0.15, 0.2) is 11.5 Å². The number of halogens is 2. The fourth-order valence-corrected chi connectivity index (χ4v) is 4.94. The van der Waals surface area contributed by atoms with Crippen molar-refractivity contribution in [3.8, 4) is 11.5 Å². The number of nitrogens with zero attached hydrogens (tertiary/aromatic N) is 2. The first-order valence-electron chi connectivity index (χ1n) is 9.59. The SMILES string of the molecule is O=C(CN(c1cccc(Cl)c1Cl)S(=O)(=O)c1ccccc1)N/N=C/c1ccc2c(c1)OCO2. The van der Waals surface area contributed by atoms with Crippen LogP contribution in [-0.2, 0) is 14.8 Å². The molecule has 0 spiro atoms. The molecule has 170 valence electrons. The Morgan fingerprint density at radius 1 is 1.03 bits per heavy atom. The van der Waals surface area contributed by atoms with E-state index < -0.39 is 22.5 Å². The fraction of sp³-hybridized carbons (Fsp3) is 0.0909. The third-order valence-corrected chi connectivity index (χ3v) is 7.20. The smallest absolute Gasteiger partial charge is 0.264 e. The lowest BCUT2D eigenvalue weighted by Gasteiger charge is -2.24. The van der Waals surface area contributed by atoms with Crippen LogP contribution in [-0.4, -0.2) is 33.9 Å². The monoisotopic (exact) mass is 505 g/mol. The number of benzene rings is 3. The van der Waals surface area contributed by atoms with Crippen molar-refractivity contribution in [3.05, 3.63) is 82.3 Å². The molecule has 33 heavy (non-hydrogen) atoms. The van der Waals surface area contributed by atoms with Gasteiger partial charge < -0.3 is 9.47 Å². The van der Waals surface area contributed by atoms with Crippen molar-refractivity contribution < 1.29 is 22.7 Å². The van der Waals surface area contributed by atoms with Crippen LogP contribution < -0.4 is 19.2 Å². The molecular weight excluding hydrogens is 489 g/mol. The van der Waals surface area contributed by atoms with Crippen LogP contribution in [0.2, 0.25) is 10.0 Å².